The van der Waals surface area contributed by atoms with Gasteiger partial charge in [0, 0.05) is 18.6 Å². The van der Waals surface area contributed by atoms with Gasteiger partial charge in [-0.15, -0.1) is 0 Å². The van der Waals surface area contributed by atoms with E-state index in [-0.39, 0.29) is 10.7 Å². The normalized spacial score (nSPS) is 12.2. The molecule has 1 atom stereocenters. The second-order valence-corrected chi connectivity index (χ2v) is 6.70. The molecule has 0 bridgehead atoms. The van der Waals surface area contributed by atoms with Crippen LogP contribution in [0.2, 0.25) is 0 Å². The summed E-state index contributed by atoms with van der Waals surface area (Å²) in [4.78, 5) is 25.4. The topological polar surface area (TPSA) is 96.8 Å². The Balaban J connectivity index is 2.09. The Morgan fingerprint density at radius 1 is 1.12 bits per heavy atom. The maximum atomic E-state index is 12.5. The van der Waals surface area contributed by atoms with Crippen molar-refractivity contribution in [1.29, 1.82) is 0 Å². The van der Waals surface area contributed by atoms with Gasteiger partial charge in [0.15, 0.2) is 5.82 Å². The molecule has 0 aliphatic carbocycles. The standard InChI is InChI=1S/C17H14N6O2S/c1-26(25)17-20-13-8-10-18-16(24)14(13)15(21-17)23(22-11-5-9-19-22)12-6-3-2-4-7-12/h2-11H,1H3,(H,18,24). The molecule has 1 unspecified atom stereocenters. The van der Waals surface area contributed by atoms with Crippen LogP contribution in [0.25, 0.3) is 10.9 Å². The van der Waals surface area contributed by atoms with E-state index in [9.17, 15) is 9.00 Å². The Morgan fingerprint density at radius 3 is 2.62 bits per heavy atom. The third-order valence-electron chi connectivity index (χ3n) is 3.73. The first kappa shape index (κ1) is 16.2. The van der Waals surface area contributed by atoms with Gasteiger partial charge in [-0.3, -0.25) is 9.00 Å². The van der Waals surface area contributed by atoms with E-state index < -0.39 is 10.8 Å². The fraction of sp³-hybridized carbons (Fsp3) is 0.0588. The molecular formula is C17H14N6O2S. The zero-order valence-electron chi connectivity index (χ0n) is 13.7. The highest BCUT2D eigenvalue weighted by Gasteiger charge is 2.21. The lowest BCUT2D eigenvalue weighted by atomic mass is 10.2. The predicted molar refractivity (Wildman–Crippen MR) is 98.7 cm³/mol. The summed E-state index contributed by atoms with van der Waals surface area (Å²) in [5.41, 5.74) is 0.823. The van der Waals surface area contributed by atoms with Crippen LogP contribution in [-0.2, 0) is 10.8 Å². The molecule has 0 spiro atoms. The highest BCUT2D eigenvalue weighted by molar-refractivity contribution is 7.84. The molecular weight excluding hydrogens is 352 g/mol. The van der Waals surface area contributed by atoms with Crippen LogP contribution in [-0.4, -0.2) is 35.3 Å². The van der Waals surface area contributed by atoms with E-state index >= 15 is 0 Å². The number of nitrogens with zero attached hydrogens (tertiary/aromatic N) is 5. The van der Waals surface area contributed by atoms with Gasteiger partial charge in [0.2, 0.25) is 5.16 Å². The average Bonchev–Trinajstić information content (AvgIpc) is 3.17. The van der Waals surface area contributed by atoms with Crippen molar-refractivity contribution in [3.8, 4) is 0 Å². The van der Waals surface area contributed by atoms with Crippen molar-refractivity contribution in [2.45, 2.75) is 5.16 Å². The number of aromatic nitrogens is 5. The average molecular weight is 366 g/mol. The van der Waals surface area contributed by atoms with Gasteiger partial charge in [0.25, 0.3) is 5.56 Å². The van der Waals surface area contributed by atoms with E-state index in [1.54, 1.807) is 34.3 Å². The molecule has 130 valence electrons. The second kappa shape index (κ2) is 6.52. The number of fused-ring (bicyclic) bond motifs is 1. The lowest BCUT2D eigenvalue weighted by Gasteiger charge is -2.24. The van der Waals surface area contributed by atoms with E-state index in [4.69, 9.17) is 0 Å². The van der Waals surface area contributed by atoms with Gasteiger partial charge in [-0.2, -0.15) is 14.9 Å². The number of H-pyrrole nitrogens is 1. The third-order valence-corrected chi connectivity index (χ3v) is 4.43. The van der Waals surface area contributed by atoms with Crippen molar-refractivity contribution in [3.63, 3.8) is 0 Å². The molecule has 9 heteroatoms. The van der Waals surface area contributed by atoms with Gasteiger partial charge in [-0.1, -0.05) is 18.2 Å². The molecule has 4 aromatic rings. The third kappa shape index (κ3) is 2.78. The number of anilines is 2. The minimum absolute atomic E-state index is 0.145. The fourth-order valence-electron chi connectivity index (χ4n) is 2.62. The summed E-state index contributed by atoms with van der Waals surface area (Å²) >= 11 is 0. The van der Waals surface area contributed by atoms with E-state index in [1.807, 2.05) is 30.3 Å². The summed E-state index contributed by atoms with van der Waals surface area (Å²) < 4.78 is 12.0. The Morgan fingerprint density at radius 2 is 1.92 bits per heavy atom. The van der Waals surface area contributed by atoms with Crippen LogP contribution in [0.3, 0.4) is 0 Å². The van der Waals surface area contributed by atoms with Gasteiger partial charge in [0.05, 0.1) is 28.2 Å². The van der Waals surface area contributed by atoms with Crippen molar-refractivity contribution < 1.29 is 4.21 Å². The molecule has 0 aliphatic heterocycles. The Bertz CT molecular complexity index is 1140. The molecule has 1 aromatic carbocycles. The monoisotopic (exact) mass is 366 g/mol. The van der Waals surface area contributed by atoms with Crippen LogP contribution >= 0.6 is 0 Å². The van der Waals surface area contributed by atoms with Gasteiger partial charge in [-0.05, 0) is 24.3 Å². The molecule has 0 radical (unpaired) electrons. The summed E-state index contributed by atoms with van der Waals surface area (Å²) in [7, 11) is -1.41. The maximum absolute atomic E-state index is 12.5. The minimum Gasteiger partial charge on any atom is -0.328 e. The molecule has 3 heterocycles. The number of aromatic amines is 1. The van der Waals surface area contributed by atoms with E-state index in [0.717, 1.165) is 5.69 Å². The summed E-state index contributed by atoms with van der Waals surface area (Å²) in [5, 5.41) is 6.39. The first-order valence-corrected chi connectivity index (χ1v) is 9.29. The quantitative estimate of drug-likeness (QED) is 0.554. The van der Waals surface area contributed by atoms with Crippen LogP contribution in [0.1, 0.15) is 0 Å². The maximum Gasteiger partial charge on any atom is 0.261 e. The SMILES string of the molecule is CS(=O)c1nc(N(c2ccccc2)n2cccn2)c2c(=O)[nH]ccc2n1. The number of hydrogen-bond donors (Lipinski definition) is 1. The van der Waals surface area contributed by atoms with Crippen LogP contribution in [0.15, 0.2) is 71.0 Å². The fourth-order valence-corrected chi connectivity index (χ4v) is 3.06. The molecule has 1 N–H and O–H groups in total. The number of para-hydroxylation sites is 1. The summed E-state index contributed by atoms with van der Waals surface area (Å²) in [6.07, 6.45) is 6.37. The van der Waals surface area contributed by atoms with Crippen LogP contribution < -0.4 is 10.6 Å². The molecule has 0 amide bonds. The summed E-state index contributed by atoms with van der Waals surface area (Å²) in [6.45, 7) is 0. The number of pyridine rings is 1. The highest BCUT2D eigenvalue weighted by atomic mass is 32.2. The number of benzene rings is 1. The molecule has 8 nitrogen and oxygen atoms in total. The molecule has 0 saturated heterocycles. The molecule has 3 aromatic heterocycles. The van der Waals surface area contributed by atoms with Crippen molar-refractivity contribution >= 4 is 33.2 Å². The van der Waals surface area contributed by atoms with Crippen molar-refractivity contribution in [2.75, 3.05) is 11.3 Å². The smallest absolute Gasteiger partial charge is 0.261 e. The lowest BCUT2D eigenvalue weighted by molar-refractivity contribution is 0.673. The number of nitrogens with one attached hydrogen (secondary N) is 1. The zero-order valence-corrected chi connectivity index (χ0v) is 14.6. The predicted octanol–water partition coefficient (Wildman–Crippen LogP) is 1.85. The van der Waals surface area contributed by atoms with E-state index in [0.29, 0.717) is 16.7 Å². The van der Waals surface area contributed by atoms with Gasteiger partial charge in [0.1, 0.15) is 5.39 Å². The van der Waals surface area contributed by atoms with Crippen LogP contribution in [0, 0.1) is 0 Å². The van der Waals surface area contributed by atoms with Gasteiger partial charge < -0.3 is 4.98 Å². The highest BCUT2D eigenvalue weighted by Crippen LogP contribution is 2.28. The largest absolute Gasteiger partial charge is 0.328 e. The first-order chi connectivity index (χ1) is 12.6. The number of hydrogen-bond acceptors (Lipinski definition) is 6. The Kier molecular flexibility index (Phi) is 4.05. The van der Waals surface area contributed by atoms with Gasteiger partial charge >= 0.3 is 0 Å². The van der Waals surface area contributed by atoms with Gasteiger partial charge in [-0.25, -0.2) is 9.99 Å². The molecule has 0 aliphatic rings. The van der Waals surface area contributed by atoms with Crippen LogP contribution in [0.5, 0.6) is 0 Å². The molecule has 4 rings (SSSR count). The van der Waals surface area contributed by atoms with E-state index in [1.165, 1.54) is 12.5 Å². The number of rotatable bonds is 4. The summed E-state index contributed by atoms with van der Waals surface area (Å²) in [5.74, 6) is 0.303. The minimum atomic E-state index is -1.41. The van der Waals surface area contributed by atoms with Crippen molar-refractivity contribution in [3.05, 3.63) is 71.4 Å². The molecule has 26 heavy (non-hydrogen) atoms. The molecule has 0 fully saturated rings. The van der Waals surface area contributed by atoms with E-state index in [2.05, 4.69) is 20.1 Å². The zero-order chi connectivity index (χ0) is 18.1. The molecule has 0 saturated carbocycles. The summed E-state index contributed by atoms with van der Waals surface area (Å²) in [6, 6.07) is 12.8. The van der Waals surface area contributed by atoms with Crippen molar-refractivity contribution in [1.82, 2.24) is 24.8 Å². The van der Waals surface area contributed by atoms with Crippen LogP contribution in [0.4, 0.5) is 11.5 Å². The Labute approximate surface area is 150 Å². The Hall–Kier alpha value is -3.33. The second-order valence-electron chi connectivity index (χ2n) is 5.42. The van der Waals surface area contributed by atoms with Crippen molar-refractivity contribution in [2.24, 2.45) is 0 Å². The first-order valence-electron chi connectivity index (χ1n) is 7.73. The lowest BCUT2D eigenvalue weighted by Crippen LogP contribution is -2.28.